The van der Waals surface area contributed by atoms with Crippen molar-refractivity contribution in [2.75, 3.05) is 26.2 Å². The first-order chi connectivity index (χ1) is 19.7. The predicted octanol–water partition coefficient (Wildman–Crippen LogP) is 0.317. The van der Waals surface area contributed by atoms with E-state index >= 15 is 0 Å². The zero-order chi connectivity index (χ0) is 32.1. The van der Waals surface area contributed by atoms with E-state index in [0.29, 0.717) is 25.5 Å². The van der Waals surface area contributed by atoms with Crippen molar-refractivity contribution in [3.8, 4) is 0 Å². The fourth-order valence-corrected chi connectivity index (χ4v) is 4.91. The number of nitrogens with two attached hydrogens (primary N) is 2. The summed E-state index contributed by atoms with van der Waals surface area (Å²) in [5.41, 5.74) is 9.45. The Bertz CT molecular complexity index is 934. The van der Waals surface area contributed by atoms with E-state index in [0.717, 1.165) is 6.42 Å². The van der Waals surface area contributed by atoms with Gasteiger partial charge >= 0.3 is 6.03 Å². The van der Waals surface area contributed by atoms with Gasteiger partial charge in [0.15, 0.2) is 0 Å². The van der Waals surface area contributed by atoms with Gasteiger partial charge in [-0.3, -0.25) is 14.4 Å². The lowest BCUT2D eigenvalue weighted by atomic mass is 9.84. The Balaban J connectivity index is 3.37. The quantitative estimate of drug-likeness (QED) is 0.0559. The van der Waals surface area contributed by atoms with Gasteiger partial charge in [0.25, 0.3) is 5.91 Å². The molecule has 13 heteroatoms. The lowest BCUT2D eigenvalue weighted by molar-refractivity contribution is -0.144. The van der Waals surface area contributed by atoms with Crippen LogP contribution in [0.15, 0.2) is 12.7 Å². The number of hydrogen-bond acceptors (Lipinski definition) is 9. The van der Waals surface area contributed by atoms with Crippen LogP contribution in [-0.2, 0) is 23.9 Å². The zero-order valence-electron chi connectivity index (χ0n) is 26.2. The predicted molar refractivity (Wildman–Crippen MR) is 161 cm³/mol. The van der Waals surface area contributed by atoms with Crippen molar-refractivity contribution in [1.82, 2.24) is 26.2 Å². The summed E-state index contributed by atoms with van der Waals surface area (Å²) in [7, 11) is 0. The van der Waals surface area contributed by atoms with Crippen LogP contribution in [0.4, 0.5) is 4.79 Å². The van der Waals surface area contributed by atoms with Crippen LogP contribution in [-0.4, -0.2) is 97.0 Å². The molecule has 1 aliphatic heterocycles. The third-order valence-corrected chi connectivity index (χ3v) is 7.35. The Labute approximate surface area is 250 Å². The molecule has 0 spiro atoms. The SMILES string of the molecule is C=CCNC(=O)C(=O)C(CCCC)NCC1(C=O)C[C@@H](OC(C)N)CN1C(=O)[C@@H](NC(=O)N[C@@H](CC)CN)C(C)(C)C. The van der Waals surface area contributed by atoms with Crippen molar-refractivity contribution in [2.24, 2.45) is 16.9 Å². The van der Waals surface area contributed by atoms with E-state index in [2.05, 4.69) is 27.8 Å². The minimum absolute atomic E-state index is 0.0461. The third-order valence-electron chi connectivity index (χ3n) is 7.35. The average Bonchev–Trinajstić information content (AvgIpc) is 3.29. The van der Waals surface area contributed by atoms with Crippen LogP contribution in [0, 0.1) is 5.41 Å². The number of hydrogen-bond donors (Lipinski definition) is 6. The van der Waals surface area contributed by atoms with Crippen molar-refractivity contribution in [2.45, 2.75) is 110 Å². The summed E-state index contributed by atoms with van der Waals surface area (Å²) >= 11 is 0. The van der Waals surface area contributed by atoms with Crippen LogP contribution >= 0.6 is 0 Å². The molecule has 4 amide bonds. The second-order valence-electron chi connectivity index (χ2n) is 12.0. The highest BCUT2D eigenvalue weighted by molar-refractivity contribution is 6.38. The molecule has 0 bridgehead atoms. The fraction of sp³-hybridized carbons (Fsp3) is 0.759. The Kier molecular flexibility index (Phi) is 15.3. The molecular weight excluding hydrogens is 542 g/mol. The molecule has 1 rings (SSSR count). The number of likely N-dealkylation sites (tertiary alicyclic amines) is 1. The monoisotopic (exact) mass is 595 g/mol. The number of rotatable bonds is 18. The number of amides is 4. The smallest absolute Gasteiger partial charge is 0.315 e. The molecule has 1 heterocycles. The summed E-state index contributed by atoms with van der Waals surface area (Å²) in [6, 6.07) is -2.70. The molecule has 0 aliphatic carbocycles. The van der Waals surface area contributed by atoms with E-state index in [4.69, 9.17) is 16.2 Å². The highest BCUT2D eigenvalue weighted by Crippen LogP contribution is 2.33. The van der Waals surface area contributed by atoms with Crippen molar-refractivity contribution in [1.29, 1.82) is 0 Å². The molecule has 0 radical (unpaired) electrons. The Morgan fingerprint density at radius 3 is 2.36 bits per heavy atom. The third kappa shape index (κ3) is 10.8. The molecule has 42 heavy (non-hydrogen) atoms. The number of Topliss-reactive ketones (excluding diaryl/α,β-unsaturated/α-hetero) is 1. The number of ketones is 1. The highest BCUT2D eigenvalue weighted by Gasteiger charge is 2.52. The van der Waals surface area contributed by atoms with Crippen LogP contribution in [0.1, 0.15) is 73.6 Å². The first-order valence-electron chi connectivity index (χ1n) is 14.8. The first-order valence-corrected chi connectivity index (χ1v) is 14.8. The average molecular weight is 596 g/mol. The van der Waals surface area contributed by atoms with Gasteiger partial charge in [-0.15, -0.1) is 6.58 Å². The fourth-order valence-electron chi connectivity index (χ4n) is 4.91. The summed E-state index contributed by atoms with van der Waals surface area (Å²) < 4.78 is 5.82. The molecule has 0 aromatic carbocycles. The number of urea groups is 1. The van der Waals surface area contributed by atoms with E-state index in [-0.39, 0.29) is 38.6 Å². The van der Waals surface area contributed by atoms with E-state index in [1.165, 1.54) is 11.0 Å². The van der Waals surface area contributed by atoms with Crippen LogP contribution in [0.2, 0.25) is 0 Å². The molecular formula is C29H53N7O6. The molecule has 8 N–H and O–H groups in total. The highest BCUT2D eigenvalue weighted by atomic mass is 16.5. The molecule has 0 aromatic rings. The Morgan fingerprint density at radius 2 is 1.86 bits per heavy atom. The van der Waals surface area contributed by atoms with Gasteiger partial charge in [0.05, 0.1) is 12.1 Å². The second kappa shape index (κ2) is 17.3. The minimum atomic E-state index is -1.43. The van der Waals surface area contributed by atoms with Crippen molar-refractivity contribution in [3.05, 3.63) is 12.7 Å². The van der Waals surface area contributed by atoms with E-state index in [1.807, 2.05) is 34.6 Å². The lowest BCUT2D eigenvalue weighted by Gasteiger charge is -2.40. The molecule has 1 fully saturated rings. The summed E-state index contributed by atoms with van der Waals surface area (Å²) in [6.07, 6.45) is 3.47. The summed E-state index contributed by atoms with van der Waals surface area (Å²) in [6.45, 7) is 14.8. The van der Waals surface area contributed by atoms with Gasteiger partial charge in [-0.05, 0) is 25.2 Å². The molecule has 0 saturated carbocycles. The minimum Gasteiger partial charge on any atom is -0.359 e. The van der Waals surface area contributed by atoms with E-state index in [1.54, 1.807) is 6.92 Å². The van der Waals surface area contributed by atoms with Gasteiger partial charge in [-0.2, -0.15) is 0 Å². The molecule has 13 nitrogen and oxygen atoms in total. The number of unbranched alkanes of at least 4 members (excludes halogenated alkanes) is 1. The van der Waals surface area contributed by atoms with Gasteiger partial charge < -0.3 is 47.2 Å². The molecule has 1 aliphatic rings. The van der Waals surface area contributed by atoms with Gasteiger partial charge in [0.1, 0.15) is 24.1 Å². The molecule has 240 valence electrons. The maximum absolute atomic E-state index is 14.2. The van der Waals surface area contributed by atoms with Crippen molar-refractivity contribution >= 4 is 29.9 Å². The van der Waals surface area contributed by atoms with Crippen LogP contribution in [0.3, 0.4) is 0 Å². The number of carbonyl (C=O) groups excluding carboxylic acids is 5. The maximum atomic E-state index is 14.2. The standard InChI is InChI=1S/C29H53N7O6/c1-8-11-12-22(23(38)25(39)32-13-9-2)33-17-29(18-37)14-21(42-19(4)31)16-36(29)26(40)24(28(5,6)7)35-27(41)34-20(10-3)15-30/h9,18-22,24,33H,2,8,10-17,30-31H2,1,3-7H3,(H,32,39)(H2,34,35,41)/t19?,20-,21+,22?,24+,29?/m0/s1. The Morgan fingerprint density at radius 1 is 1.19 bits per heavy atom. The van der Waals surface area contributed by atoms with Gasteiger partial charge in [0.2, 0.25) is 11.7 Å². The number of aldehydes is 1. The number of ether oxygens (including phenoxy) is 1. The second-order valence-corrected chi connectivity index (χ2v) is 12.0. The van der Waals surface area contributed by atoms with Crippen LogP contribution < -0.4 is 32.7 Å². The van der Waals surface area contributed by atoms with Gasteiger partial charge in [0, 0.05) is 38.6 Å². The molecule has 1 saturated heterocycles. The number of nitrogens with one attached hydrogen (secondary N) is 4. The first kappa shape index (κ1) is 37.2. The molecule has 6 atom stereocenters. The van der Waals surface area contributed by atoms with Crippen molar-refractivity contribution < 1.29 is 28.7 Å². The van der Waals surface area contributed by atoms with Gasteiger partial charge in [-0.25, -0.2) is 4.79 Å². The number of nitrogens with zero attached hydrogens (tertiary/aromatic N) is 1. The number of carbonyl (C=O) groups is 5. The summed E-state index contributed by atoms with van der Waals surface area (Å²) in [4.78, 5) is 66.7. The lowest BCUT2D eigenvalue weighted by Crippen LogP contribution is -2.64. The molecule has 3 unspecified atom stereocenters. The van der Waals surface area contributed by atoms with Gasteiger partial charge in [-0.1, -0.05) is 53.5 Å². The summed E-state index contributed by atoms with van der Waals surface area (Å²) in [5, 5.41) is 11.2. The zero-order valence-corrected chi connectivity index (χ0v) is 26.2. The topological polar surface area (TPSA) is 198 Å². The van der Waals surface area contributed by atoms with E-state index in [9.17, 15) is 24.0 Å². The summed E-state index contributed by atoms with van der Waals surface area (Å²) in [5.74, 6) is -1.91. The van der Waals surface area contributed by atoms with Crippen LogP contribution in [0.5, 0.6) is 0 Å². The van der Waals surface area contributed by atoms with Crippen molar-refractivity contribution in [3.63, 3.8) is 0 Å². The maximum Gasteiger partial charge on any atom is 0.315 e. The largest absolute Gasteiger partial charge is 0.359 e. The molecule has 0 aromatic heterocycles. The van der Waals surface area contributed by atoms with Crippen LogP contribution in [0.25, 0.3) is 0 Å². The normalized spacial score (nSPS) is 21.5. The van der Waals surface area contributed by atoms with E-state index < -0.39 is 59.0 Å². The Hall–Kier alpha value is -2.87.